The lowest BCUT2D eigenvalue weighted by molar-refractivity contribution is -0.142. The van der Waals surface area contributed by atoms with Gasteiger partial charge in [0.2, 0.25) is 5.91 Å². The van der Waals surface area contributed by atoms with E-state index in [1.807, 2.05) is 31.2 Å². The Kier molecular flexibility index (Phi) is 3.66. The zero-order valence-electron chi connectivity index (χ0n) is 11.8. The number of carboxylic acid groups (broad SMARTS) is 1. The Morgan fingerprint density at radius 2 is 2.05 bits per heavy atom. The van der Waals surface area contributed by atoms with Crippen molar-refractivity contribution in [3.8, 4) is 0 Å². The number of nitrogens with zero attached hydrogens (tertiary/aromatic N) is 1. The molecule has 1 aliphatic heterocycles. The number of hydrogen-bond donors (Lipinski definition) is 1. The van der Waals surface area contributed by atoms with Gasteiger partial charge in [-0.25, -0.2) is 0 Å². The van der Waals surface area contributed by atoms with Crippen LogP contribution in [-0.2, 0) is 9.59 Å². The fourth-order valence-electron chi connectivity index (χ4n) is 3.28. The zero-order chi connectivity index (χ0) is 15.1. The van der Waals surface area contributed by atoms with Crippen molar-refractivity contribution >= 4 is 23.5 Å². The van der Waals surface area contributed by atoms with Crippen molar-refractivity contribution in [2.75, 3.05) is 13.1 Å². The molecule has 2 fully saturated rings. The van der Waals surface area contributed by atoms with E-state index >= 15 is 0 Å². The molecule has 0 aromatic heterocycles. The van der Waals surface area contributed by atoms with Gasteiger partial charge in [-0.3, -0.25) is 9.59 Å². The molecule has 2 aliphatic rings. The van der Waals surface area contributed by atoms with E-state index < -0.39 is 11.9 Å². The van der Waals surface area contributed by atoms with Gasteiger partial charge in [-0.1, -0.05) is 30.7 Å². The Labute approximate surface area is 128 Å². The minimum atomic E-state index is -0.806. The number of halogens is 1. The quantitative estimate of drug-likeness (QED) is 0.934. The molecule has 112 valence electrons. The number of aliphatic carboxylic acids is 1. The number of benzene rings is 1. The van der Waals surface area contributed by atoms with Crippen molar-refractivity contribution in [3.63, 3.8) is 0 Å². The maximum Gasteiger partial charge on any atom is 0.308 e. The molecule has 1 saturated heterocycles. The Morgan fingerprint density at radius 3 is 2.67 bits per heavy atom. The van der Waals surface area contributed by atoms with Crippen LogP contribution in [0.5, 0.6) is 0 Å². The highest BCUT2D eigenvalue weighted by Crippen LogP contribution is 2.49. The Hall–Kier alpha value is -1.55. The van der Waals surface area contributed by atoms with E-state index in [1.165, 1.54) is 0 Å². The van der Waals surface area contributed by atoms with E-state index in [-0.39, 0.29) is 23.7 Å². The third-order valence-electron chi connectivity index (χ3n) is 4.63. The second-order valence-corrected chi connectivity index (χ2v) is 6.61. The summed E-state index contributed by atoms with van der Waals surface area (Å²) in [4.78, 5) is 25.3. The molecule has 1 N–H and O–H groups in total. The summed E-state index contributed by atoms with van der Waals surface area (Å²) in [5.41, 5.74) is 1.10. The van der Waals surface area contributed by atoms with Crippen molar-refractivity contribution in [2.45, 2.75) is 19.3 Å². The monoisotopic (exact) mass is 307 g/mol. The fourth-order valence-corrected chi connectivity index (χ4v) is 3.47. The topological polar surface area (TPSA) is 57.6 Å². The summed E-state index contributed by atoms with van der Waals surface area (Å²) in [5, 5.41) is 9.83. The van der Waals surface area contributed by atoms with Gasteiger partial charge < -0.3 is 10.0 Å². The van der Waals surface area contributed by atoms with Crippen LogP contribution >= 0.6 is 11.6 Å². The predicted molar refractivity (Wildman–Crippen MR) is 79.2 cm³/mol. The summed E-state index contributed by atoms with van der Waals surface area (Å²) < 4.78 is 0. The molecular formula is C16H18ClNO3. The first kappa shape index (κ1) is 14.4. The fraction of sp³-hybridized carbons (Fsp3) is 0.500. The van der Waals surface area contributed by atoms with E-state index in [4.69, 9.17) is 16.7 Å². The highest BCUT2D eigenvalue weighted by Gasteiger charge is 2.48. The van der Waals surface area contributed by atoms with Gasteiger partial charge in [0.15, 0.2) is 0 Å². The second-order valence-electron chi connectivity index (χ2n) is 6.17. The highest BCUT2D eigenvalue weighted by molar-refractivity contribution is 6.30. The smallest absolute Gasteiger partial charge is 0.308 e. The van der Waals surface area contributed by atoms with E-state index in [9.17, 15) is 9.59 Å². The third kappa shape index (κ3) is 2.77. The van der Waals surface area contributed by atoms with Gasteiger partial charge in [-0.05, 0) is 36.0 Å². The number of hydrogen-bond acceptors (Lipinski definition) is 2. The van der Waals surface area contributed by atoms with E-state index in [0.717, 1.165) is 12.0 Å². The standard InChI is InChI=1S/C16H18ClNO3/c1-9-7-18(8-14(9)16(20)21)15(19)13-6-12(13)10-3-2-4-11(17)5-10/h2-5,9,12-14H,6-8H2,1H3,(H,20,21)/t9-,12?,13?,14-/m1/s1. The van der Waals surface area contributed by atoms with Crippen molar-refractivity contribution in [2.24, 2.45) is 17.8 Å². The molecule has 0 radical (unpaired) electrons. The van der Waals surface area contributed by atoms with E-state index in [0.29, 0.717) is 18.1 Å². The molecule has 4 nitrogen and oxygen atoms in total. The van der Waals surface area contributed by atoms with Gasteiger partial charge in [0.1, 0.15) is 0 Å². The summed E-state index contributed by atoms with van der Waals surface area (Å²) in [6, 6.07) is 7.63. The second kappa shape index (κ2) is 5.34. The lowest BCUT2D eigenvalue weighted by atomic mass is 9.99. The molecule has 1 aromatic carbocycles. The Balaban J connectivity index is 1.65. The summed E-state index contributed by atoms with van der Waals surface area (Å²) in [7, 11) is 0. The van der Waals surface area contributed by atoms with E-state index in [2.05, 4.69) is 0 Å². The first-order valence-electron chi connectivity index (χ1n) is 7.24. The summed E-state index contributed by atoms with van der Waals surface area (Å²) in [6.07, 6.45) is 0.835. The van der Waals surface area contributed by atoms with Crippen molar-refractivity contribution in [1.82, 2.24) is 4.90 Å². The van der Waals surface area contributed by atoms with Crippen LogP contribution in [0.3, 0.4) is 0 Å². The average molecular weight is 308 g/mol. The van der Waals surface area contributed by atoms with Crippen LogP contribution in [0.25, 0.3) is 0 Å². The molecule has 4 atom stereocenters. The Bertz CT molecular complexity index is 589. The lowest BCUT2D eigenvalue weighted by Gasteiger charge is -2.16. The molecule has 1 amide bonds. The number of carboxylic acids is 1. The molecule has 2 unspecified atom stereocenters. The Morgan fingerprint density at radius 1 is 1.29 bits per heavy atom. The highest BCUT2D eigenvalue weighted by atomic mass is 35.5. The SMILES string of the molecule is C[C@@H]1CN(C(=O)C2CC2c2cccc(Cl)c2)C[C@H]1C(=O)O. The van der Waals surface area contributed by atoms with E-state index in [1.54, 1.807) is 4.90 Å². The van der Waals surface area contributed by atoms with Gasteiger partial charge in [-0.15, -0.1) is 0 Å². The third-order valence-corrected chi connectivity index (χ3v) is 4.86. The molecular weight excluding hydrogens is 290 g/mol. The van der Waals surface area contributed by atoms with Gasteiger partial charge in [-0.2, -0.15) is 0 Å². The number of likely N-dealkylation sites (tertiary alicyclic amines) is 1. The van der Waals surface area contributed by atoms with Crippen LogP contribution in [0, 0.1) is 17.8 Å². The maximum absolute atomic E-state index is 12.5. The van der Waals surface area contributed by atoms with Crippen LogP contribution < -0.4 is 0 Å². The predicted octanol–water partition coefficient (Wildman–Crippen LogP) is 2.62. The summed E-state index contributed by atoms with van der Waals surface area (Å²) >= 11 is 5.98. The largest absolute Gasteiger partial charge is 0.481 e. The normalized spacial score (nSPS) is 31.2. The minimum Gasteiger partial charge on any atom is -0.481 e. The van der Waals surface area contributed by atoms with Crippen LogP contribution in [0.15, 0.2) is 24.3 Å². The molecule has 3 rings (SSSR count). The maximum atomic E-state index is 12.5. The number of rotatable bonds is 3. The summed E-state index contributed by atoms with van der Waals surface area (Å²) in [5.74, 6) is -0.902. The van der Waals surface area contributed by atoms with Crippen LogP contribution in [0.1, 0.15) is 24.8 Å². The molecule has 5 heteroatoms. The molecule has 1 aliphatic carbocycles. The molecule has 0 bridgehead atoms. The first-order chi connectivity index (χ1) is 9.97. The van der Waals surface area contributed by atoms with Crippen molar-refractivity contribution in [3.05, 3.63) is 34.9 Å². The van der Waals surface area contributed by atoms with Crippen molar-refractivity contribution < 1.29 is 14.7 Å². The number of carbonyl (C=O) groups is 2. The van der Waals surface area contributed by atoms with Crippen LogP contribution in [0.4, 0.5) is 0 Å². The number of carbonyl (C=O) groups excluding carboxylic acids is 1. The van der Waals surface area contributed by atoms with Gasteiger partial charge in [0.25, 0.3) is 0 Å². The molecule has 1 heterocycles. The van der Waals surface area contributed by atoms with Gasteiger partial charge >= 0.3 is 5.97 Å². The average Bonchev–Trinajstić information content (AvgIpc) is 3.14. The van der Waals surface area contributed by atoms with Crippen LogP contribution in [0.2, 0.25) is 5.02 Å². The molecule has 21 heavy (non-hydrogen) atoms. The summed E-state index contributed by atoms with van der Waals surface area (Å²) in [6.45, 7) is 2.79. The first-order valence-corrected chi connectivity index (χ1v) is 7.62. The van der Waals surface area contributed by atoms with Crippen molar-refractivity contribution in [1.29, 1.82) is 0 Å². The number of amides is 1. The van der Waals surface area contributed by atoms with Gasteiger partial charge in [0, 0.05) is 24.0 Å². The van der Waals surface area contributed by atoms with Crippen LogP contribution in [-0.4, -0.2) is 35.0 Å². The molecule has 1 aromatic rings. The molecule has 0 spiro atoms. The minimum absolute atomic E-state index is 0.0109. The lowest BCUT2D eigenvalue weighted by Crippen LogP contribution is -2.31. The van der Waals surface area contributed by atoms with Gasteiger partial charge in [0.05, 0.1) is 5.92 Å². The zero-order valence-corrected chi connectivity index (χ0v) is 12.6. The molecule has 1 saturated carbocycles.